The van der Waals surface area contributed by atoms with Crippen molar-refractivity contribution >= 4 is 5.91 Å². The molecule has 2 aliphatic rings. The molecule has 120 valence electrons. The molecule has 2 aliphatic carbocycles. The van der Waals surface area contributed by atoms with Gasteiger partial charge in [-0.15, -0.1) is 0 Å². The highest BCUT2D eigenvalue weighted by Crippen LogP contribution is 2.37. The Balaban J connectivity index is 1.84. The van der Waals surface area contributed by atoms with E-state index in [1.54, 1.807) is 6.08 Å². The Labute approximate surface area is 122 Å². The Kier molecular flexibility index (Phi) is 4.93. The largest absolute Gasteiger partial charge is 0.391 e. The number of carbonyl (C=O) groups is 1. The van der Waals surface area contributed by atoms with E-state index < -0.39 is 12.1 Å². The molecule has 4 nitrogen and oxygen atoms in total. The lowest BCUT2D eigenvalue weighted by atomic mass is 9.85. The number of hydrogen-bond acceptors (Lipinski definition) is 3. The summed E-state index contributed by atoms with van der Waals surface area (Å²) in [5.41, 5.74) is 12.2. The van der Waals surface area contributed by atoms with E-state index in [9.17, 15) is 18.0 Å². The highest BCUT2D eigenvalue weighted by Gasteiger charge is 2.41. The molecule has 2 rings (SSSR count). The van der Waals surface area contributed by atoms with Gasteiger partial charge in [0.25, 0.3) is 0 Å². The Morgan fingerprint density at radius 3 is 2.29 bits per heavy atom. The molecule has 0 aliphatic heterocycles. The number of rotatable bonds is 2. The van der Waals surface area contributed by atoms with Gasteiger partial charge in [-0.25, -0.2) is 0 Å². The second-order valence-corrected chi connectivity index (χ2v) is 6.04. The van der Waals surface area contributed by atoms with Crippen LogP contribution in [-0.2, 0) is 4.79 Å². The second-order valence-electron chi connectivity index (χ2n) is 6.04. The third-order valence-electron chi connectivity index (χ3n) is 4.45. The number of nitrogens with two attached hydrogens (primary N) is 2. The molecule has 2 unspecified atom stereocenters. The normalized spacial score (nSPS) is 34.2. The lowest BCUT2D eigenvalue weighted by Crippen LogP contribution is -2.45. The zero-order valence-electron chi connectivity index (χ0n) is 11.8. The van der Waals surface area contributed by atoms with Crippen molar-refractivity contribution in [2.24, 2.45) is 17.4 Å². The smallest absolute Gasteiger partial charge is 0.350 e. The molecular weight excluding hydrogens is 283 g/mol. The summed E-state index contributed by atoms with van der Waals surface area (Å²) in [6.45, 7) is 0. The molecule has 2 atom stereocenters. The first-order valence-corrected chi connectivity index (χ1v) is 7.37. The van der Waals surface area contributed by atoms with Crippen molar-refractivity contribution in [2.45, 2.75) is 62.8 Å². The Morgan fingerprint density at radius 1 is 1.14 bits per heavy atom. The third-order valence-corrected chi connectivity index (χ3v) is 4.45. The highest BCUT2D eigenvalue weighted by atomic mass is 19.4. The van der Waals surface area contributed by atoms with Crippen molar-refractivity contribution in [2.75, 3.05) is 0 Å². The molecule has 5 N–H and O–H groups in total. The van der Waals surface area contributed by atoms with Crippen LogP contribution in [0.3, 0.4) is 0 Å². The molecule has 21 heavy (non-hydrogen) atoms. The van der Waals surface area contributed by atoms with Crippen molar-refractivity contribution in [1.82, 2.24) is 5.32 Å². The molecule has 0 aromatic rings. The van der Waals surface area contributed by atoms with Crippen LogP contribution >= 0.6 is 0 Å². The van der Waals surface area contributed by atoms with E-state index in [0.717, 1.165) is 0 Å². The molecule has 0 bridgehead atoms. The molecule has 1 fully saturated rings. The van der Waals surface area contributed by atoms with E-state index >= 15 is 0 Å². The number of alkyl halides is 3. The lowest BCUT2D eigenvalue weighted by molar-refractivity contribution is -0.182. The van der Waals surface area contributed by atoms with Gasteiger partial charge in [-0.3, -0.25) is 4.79 Å². The quantitative estimate of drug-likeness (QED) is 0.725. The van der Waals surface area contributed by atoms with E-state index in [2.05, 4.69) is 5.32 Å². The van der Waals surface area contributed by atoms with E-state index in [4.69, 9.17) is 11.5 Å². The van der Waals surface area contributed by atoms with Gasteiger partial charge in [-0.05, 0) is 38.5 Å². The van der Waals surface area contributed by atoms with Gasteiger partial charge in [0.2, 0.25) is 5.91 Å². The van der Waals surface area contributed by atoms with Crippen LogP contribution in [0.1, 0.15) is 38.5 Å². The molecule has 0 aromatic carbocycles. The molecule has 0 heterocycles. The van der Waals surface area contributed by atoms with Crippen molar-refractivity contribution < 1.29 is 18.0 Å². The maximum Gasteiger partial charge on any atom is 0.391 e. The molecular formula is C14H22F3N3O. The SMILES string of the molecule is NC1C=C(C(=O)NC2CCC(C(F)(F)F)CC2)CCC1N. The average Bonchev–Trinajstić information content (AvgIpc) is 2.41. The van der Waals surface area contributed by atoms with Crippen LogP contribution in [0.2, 0.25) is 0 Å². The van der Waals surface area contributed by atoms with Gasteiger partial charge in [0.15, 0.2) is 0 Å². The predicted molar refractivity (Wildman–Crippen MR) is 73.2 cm³/mol. The van der Waals surface area contributed by atoms with E-state index in [1.807, 2.05) is 0 Å². The summed E-state index contributed by atoms with van der Waals surface area (Å²) < 4.78 is 37.7. The van der Waals surface area contributed by atoms with E-state index in [0.29, 0.717) is 31.3 Å². The molecule has 0 saturated heterocycles. The molecule has 1 saturated carbocycles. The van der Waals surface area contributed by atoms with Crippen molar-refractivity contribution in [3.8, 4) is 0 Å². The molecule has 0 spiro atoms. The molecule has 1 amide bonds. The third kappa shape index (κ3) is 4.20. The van der Waals surface area contributed by atoms with Gasteiger partial charge in [-0.1, -0.05) is 6.08 Å². The van der Waals surface area contributed by atoms with Crippen LogP contribution in [0.15, 0.2) is 11.6 Å². The van der Waals surface area contributed by atoms with Crippen LogP contribution < -0.4 is 16.8 Å². The van der Waals surface area contributed by atoms with Crippen molar-refractivity contribution in [3.05, 3.63) is 11.6 Å². The van der Waals surface area contributed by atoms with Crippen LogP contribution in [0.25, 0.3) is 0 Å². The maximum atomic E-state index is 12.6. The number of hydrogen-bond donors (Lipinski definition) is 3. The zero-order valence-corrected chi connectivity index (χ0v) is 11.8. The minimum Gasteiger partial charge on any atom is -0.350 e. The van der Waals surface area contributed by atoms with Gasteiger partial charge in [-0.2, -0.15) is 13.2 Å². The summed E-state index contributed by atoms with van der Waals surface area (Å²) in [4.78, 5) is 12.1. The first-order valence-electron chi connectivity index (χ1n) is 7.37. The first-order chi connectivity index (χ1) is 9.77. The van der Waals surface area contributed by atoms with Gasteiger partial charge in [0.05, 0.1) is 5.92 Å². The lowest BCUT2D eigenvalue weighted by Gasteiger charge is -2.31. The van der Waals surface area contributed by atoms with E-state index in [-0.39, 0.29) is 36.9 Å². The summed E-state index contributed by atoms with van der Waals surface area (Å²) in [7, 11) is 0. The summed E-state index contributed by atoms with van der Waals surface area (Å²) in [6, 6.07) is -0.645. The Bertz CT molecular complexity index is 414. The van der Waals surface area contributed by atoms with Crippen molar-refractivity contribution in [3.63, 3.8) is 0 Å². The first kappa shape index (κ1) is 16.3. The summed E-state index contributed by atoms with van der Waals surface area (Å²) in [5.74, 6) is -1.45. The van der Waals surface area contributed by atoms with Gasteiger partial charge < -0.3 is 16.8 Å². The highest BCUT2D eigenvalue weighted by molar-refractivity contribution is 5.93. The average molecular weight is 305 g/mol. The molecule has 0 aromatic heterocycles. The number of carbonyl (C=O) groups excluding carboxylic acids is 1. The minimum atomic E-state index is -4.12. The zero-order chi connectivity index (χ0) is 15.6. The monoisotopic (exact) mass is 305 g/mol. The fourth-order valence-electron chi connectivity index (χ4n) is 2.99. The van der Waals surface area contributed by atoms with Crippen LogP contribution in [0.4, 0.5) is 13.2 Å². The molecule has 7 heteroatoms. The van der Waals surface area contributed by atoms with Crippen LogP contribution in [-0.4, -0.2) is 30.2 Å². The Morgan fingerprint density at radius 2 is 1.76 bits per heavy atom. The summed E-state index contributed by atoms with van der Waals surface area (Å²) in [5, 5.41) is 2.83. The van der Waals surface area contributed by atoms with Crippen LogP contribution in [0, 0.1) is 5.92 Å². The van der Waals surface area contributed by atoms with Gasteiger partial charge in [0.1, 0.15) is 0 Å². The van der Waals surface area contributed by atoms with Gasteiger partial charge in [0, 0.05) is 23.7 Å². The maximum absolute atomic E-state index is 12.6. The number of amides is 1. The number of nitrogens with one attached hydrogen (secondary N) is 1. The predicted octanol–water partition coefficient (Wildman–Crippen LogP) is 1.60. The molecule has 0 radical (unpaired) electrons. The van der Waals surface area contributed by atoms with E-state index in [1.165, 1.54) is 0 Å². The second kappa shape index (κ2) is 6.36. The number of halogens is 3. The summed E-state index contributed by atoms with van der Waals surface area (Å²) in [6.07, 6.45) is -0.326. The standard InChI is InChI=1S/C14H22F3N3O/c15-14(16,17)9-2-4-10(5-3-9)20-13(21)8-1-6-11(18)12(19)7-8/h7,9-12H,1-6,18-19H2,(H,20,21). The topological polar surface area (TPSA) is 81.1 Å². The van der Waals surface area contributed by atoms with Gasteiger partial charge >= 0.3 is 6.18 Å². The fourth-order valence-corrected chi connectivity index (χ4v) is 2.99. The summed E-state index contributed by atoms with van der Waals surface area (Å²) >= 11 is 0. The van der Waals surface area contributed by atoms with Crippen LogP contribution in [0.5, 0.6) is 0 Å². The fraction of sp³-hybridized carbons (Fsp3) is 0.786. The van der Waals surface area contributed by atoms with Crippen molar-refractivity contribution in [1.29, 1.82) is 0 Å². The minimum absolute atomic E-state index is 0.0812. The Hall–Kier alpha value is -1.08.